The van der Waals surface area contributed by atoms with Gasteiger partial charge in [-0.2, -0.15) is 0 Å². The van der Waals surface area contributed by atoms with E-state index < -0.39 is 11.9 Å². The molecule has 0 saturated carbocycles. The first-order valence-electron chi connectivity index (χ1n) is 9.31. The Kier molecular flexibility index (Phi) is 7.64. The summed E-state index contributed by atoms with van der Waals surface area (Å²) < 4.78 is 5.63. The van der Waals surface area contributed by atoms with E-state index in [1.807, 2.05) is 31.2 Å². The number of carboxylic acids is 1. The van der Waals surface area contributed by atoms with E-state index in [-0.39, 0.29) is 24.9 Å². The van der Waals surface area contributed by atoms with Crippen LogP contribution in [-0.4, -0.2) is 66.0 Å². The van der Waals surface area contributed by atoms with Crippen molar-refractivity contribution in [3.63, 3.8) is 0 Å². The Morgan fingerprint density at radius 2 is 2.11 bits per heavy atom. The summed E-state index contributed by atoms with van der Waals surface area (Å²) in [7, 11) is 1.60. The number of likely N-dealkylation sites (N-methyl/N-ethyl adjacent to an activating group) is 1. The van der Waals surface area contributed by atoms with Crippen LogP contribution in [0, 0.1) is 12.8 Å². The van der Waals surface area contributed by atoms with Crippen LogP contribution in [0.15, 0.2) is 24.3 Å². The predicted molar refractivity (Wildman–Crippen MR) is 100 cm³/mol. The molecule has 1 atom stereocenters. The van der Waals surface area contributed by atoms with Gasteiger partial charge in [0.2, 0.25) is 11.8 Å². The standard InChI is InChI=1S/C20H28N2O5/c1-15-6-3-8-17(12-15)27-11-5-9-18(23)21(2)14-19(24)22-10-4-7-16(13-22)20(25)26/h3,6,8,12,16H,4-5,7,9-11,13-14H2,1-2H3,(H,25,26). The van der Waals surface area contributed by atoms with Crippen LogP contribution in [0.1, 0.15) is 31.2 Å². The molecule has 1 aromatic rings. The largest absolute Gasteiger partial charge is 0.494 e. The number of hydrogen-bond acceptors (Lipinski definition) is 4. The summed E-state index contributed by atoms with van der Waals surface area (Å²) in [5, 5.41) is 9.11. The van der Waals surface area contributed by atoms with E-state index in [9.17, 15) is 14.4 Å². The molecular weight excluding hydrogens is 348 g/mol. The number of benzene rings is 1. The number of hydrogen-bond donors (Lipinski definition) is 1. The van der Waals surface area contributed by atoms with Crippen molar-refractivity contribution in [3.8, 4) is 5.75 Å². The lowest BCUT2D eigenvalue weighted by molar-refractivity contribution is -0.147. The summed E-state index contributed by atoms with van der Waals surface area (Å²) >= 11 is 0. The van der Waals surface area contributed by atoms with E-state index in [1.54, 1.807) is 11.9 Å². The summed E-state index contributed by atoms with van der Waals surface area (Å²) in [6, 6.07) is 7.73. The highest BCUT2D eigenvalue weighted by molar-refractivity contribution is 5.85. The maximum Gasteiger partial charge on any atom is 0.308 e. The molecule has 27 heavy (non-hydrogen) atoms. The Bertz CT molecular complexity index is 676. The number of carboxylic acid groups (broad SMARTS) is 1. The number of carbonyl (C=O) groups is 3. The zero-order chi connectivity index (χ0) is 19.8. The molecule has 7 nitrogen and oxygen atoms in total. The van der Waals surface area contributed by atoms with Crippen LogP contribution in [-0.2, 0) is 14.4 Å². The fourth-order valence-corrected chi connectivity index (χ4v) is 3.11. The van der Waals surface area contributed by atoms with Crippen molar-refractivity contribution in [1.29, 1.82) is 0 Å². The third-order valence-corrected chi connectivity index (χ3v) is 4.71. The van der Waals surface area contributed by atoms with Gasteiger partial charge in [-0.05, 0) is 43.9 Å². The summed E-state index contributed by atoms with van der Waals surface area (Å²) in [6.07, 6.45) is 2.13. The van der Waals surface area contributed by atoms with Gasteiger partial charge in [-0.3, -0.25) is 14.4 Å². The van der Waals surface area contributed by atoms with E-state index in [0.717, 1.165) is 11.3 Å². The molecule has 1 aliphatic rings. The molecule has 1 fully saturated rings. The van der Waals surface area contributed by atoms with Crippen LogP contribution >= 0.6 is 0 Å². The highest BCUT2D eigenvalue weighted by Crippen LogP contribution is 2.17. The maximum atomic E-state index is 12.3. The van der Waals surface area contributed by atoms with E-state index >= 15 is 0 Å². The van der Waals surface area contributed by atoms with Crippen LogP contribution in [0.3, 0.4) is 0 Å². The first-order chi connectivity index (χ1) is 12.9. The lowest BCUT2D eigenvalue weighted by Gasteiger charge is -2.32. The Morgan fingerprint density at radius 3 is 2.81 bits per heavy atom. The van der Waals surface area contributed by atoms with Gasteiger partial charge >= 0.3 is 5.97 Å². The van der Waals surface area contributed by atoms with Gasteiger partial charge in [-0.25, -0.2) is 0 Å². The molecule has 7 heteroatoms. The van der Waals surface area contributed by atoms with Gasteiger partial charge in [0.15, 0.2) is 0 Å². The monoisotopic (exact) mass is 376 g/mol. The summed E-state index contributed by atoms with van der Waals surface area (Å²) in [4.78, 5) is 38.6. The number of aryl methyl sites for hydroxylation is 1. The molecule has 1 heterocycles. The van der Waals surface area contributed by atoms with Gasteiger partial charge in [-0.15, -0.1) is 0 Å². The zero-order valence-electron chi connectivity index (χ0n) is 16.0. The van der Waals surface area contributed by atoms with Crippen LogP contribution in [0.4, 0.5) is 0 Å². The minimum atomic E-state index is -0.870. The van der Waals surface area contributed by atoms with Crippen LogP contribution < -0.4 is 4.74 Å². The molecule has 1 aliphatic heterocycles. The van der Waals surface area contributed by atoms with Crippen molar-refractivity contribution in [3.05, 3.63) is 29.8 Å². The average Bonchev–Trinajstić information content (AvgIpc) is 2.65. The van der Waals surface area contributed by atoms with Crippen LogP contribution in [0.5, 0.6) is 5.75 Å². The second-order valence-corrected chi connectivity index (χ2v) is 7.04. The average molecular weight is 376 g/mol. The van der Waals surface area contributed by atoms with Crippen molar-refractivity contribution in [1.82, 2.24) is 9.80 Å². The predicted octanol–water partition coefficient (Wildman–Crippen LogP) is 1.94. The van der Waals surface area contributed by atoms with E-state index in [2.05, 4.69) is 0 Å². The highest BCUT2D eigenvalue weighted by atomic mass is 16.5. The molecule has 1 saturated heterocycles. The molecule has 1 aromatic carbocycles. The zero-order valence-corrected chi connectivity index (χ0v) is 16.0. The molecule has 0 aliphatic carbocycles. The van der Waals surface area contributed by atoms with Crippen LogP contribution in [0.2, 0.25) is 0 Å². The number of aliphatic carboxylic acids is 1. The number of nitrogens with zero attached hydrogens (tertiary/aromatic N) is 2. The number of ether oxygens (including phenoxy) is 1. The van der Waals surface area contributed by atoms with Crippen molar-refractivity contribution in [2.45, 2.75) is 32.6 Å². The Balaban J connectivity index is 1.70. The Hall–Kier alpha value is -2.57. The third kappa shape index (κ3) is 6.58. The number of carbonyl (C=O) groups excluding carboxylic acids is 2. The molecule has 2 rings (SSSR count). The first kappa shape index (κ1) is 20.7. The first-order valence-corrected chi connectivity index (χ1v) is 9.31. The van der Waals surface area contributed by atoms with Gasteiger partial charge in [0.05, 0.1) is 19.1 Å². The van der Waals surface area contributed by atoms with Crippen LogP contribution in [0.25, 0.3) is 0 Å². The molecule has 0 aromatic heterocycles. The van der Waals surface area contributed by atoms with E-state index in [1.165, 1.54) is 4.90 Å². The normalized spacial score (nSPS) is 16.7. The maximum absolute atomic E-state index is 12.3. The Labute approximate surface area is 159 Å². The molecule has 1 N–H and O–H groups in total. The molecule has 1 unspecified atom stereocenters. The molecule has 148 valence electrons. The molecule has 0 spiro atoms. The van der Waals surface area contributed by atoms with Crippen molar-refractivity contribution < 1.29 is 24.2 Å². The quantitative estimate of drug-likeness (QED) is 0.701. The highest BCUT2D eigenvalue weighted by Gasteiger charge is 2.28. The summed E-state index contributed by atoms with van der Waals surface area (Å²) in [5.74, 6) is -0.923. The molecule has 0 bridgehead atoms. The fraction of sp³-hybridized carbons (Fsp3) is 0.550. The number of rotatable bonds is 8. The van der Waals surface area contributed by atoms with E-state index in [0.29, 0.717) is 38.8 Å². The number of likely N-dealkylation sites (tertiary alicyclic amines) is 1. The molecular formula is C20H28N2O5. The lowest BCUT2D eigenvalue weighted by atomic mass is 9.98. The smallest absolute Gasteiger partial charge is 0.308 e. The van der Waals surface area contributed by atoms with Gasteiger partial charge in [0.25, 0.3) is 0 Å². The third-order valence-electron chi connectivity index (χ3n) is 4.71. The van der Waals surface area contributed by atoms with Crippen molar-refractivity contribution in [2.24, 2.45) is 5.92 Å². The SMILES string of the molecule is Cc1cccc(OCCCC(=O)N(C)CC(=O)N2CCCC(C(=O)O)C2)c1. The minimum Gasteiger partial charge on any atom is -0.494 e. The Morgan fingerprint density at radius 1 is 1.33 bits per heavy atom. The lowest BCUT2D eigenvalue weighted by Crippen LogP contribution is -2.46. The fourth-order valence-electron chi connectivity index (χ4n) is 3.11. The molecule has 2 amide bonds. The van der Waals surface area contributed by atoms with Gasteiger partial charge in [-0.1, -0.05) is 12.1 Å². The second-order valence-electron chi connectivity index (χ2n) is 7.04. The molecule has 0 radical (unpaired) electrons. The van der Waals surface area contributed by atoms with Gasteiger partial charge in [0.1, 0.15) is 5.75 Å². The second kappa shape index (κ2) is 9.94. The number of amides is 2. The van der Waals surface area contributed by atoms with Gasteiger partial charge < -0.3 is 19.6 Å². The minimum absolute atomic E-state index is 0.0239. The van der Waals surface area contributed by atoms with Gasteiger partial charge in [0, 0.05) is 26.6 Å². The summed E-state index contributed by atoms with van der Waals surface area (Å²) in [5.41, 5.74) is 1.12. The van der Waals surface area contributed by atoms with Crippen molar-refractivity contribution >= 4 is 17.8 Å². The topological polar surface area (TPSA) is 87.2 Å². The summed E-state index contributed by atoms with van der Waals surface area (Å²) in [6.45, 7) is 3.17. The van der Waals surface area contributed by atoms with E-state index in [4.69, 9.17) is 9.84 Å². The number of piperidine rings is 1. The van der Waals surface area contributed by atoms with Crippen molar-refractivity contribution in [2.75, 3.05) is 33.3 Å².